The smallest absolute Gasteiger partial charge is 0.146 e. The van der Waals surface area contributed by atoms with E-state index in [0.29, 0.717) is 0 Å². The van der Waals surface area contributed by atoms with E-state index < -0.39 is 0 Å². The number of aromatic amines is 2. The average Bonchev–Trinajstić information content (AvgIpc) is 3.15. The van der Waals surface area contributed by atoms with Gasteiger partial charge in [-0.2, -0.15) is 0 Å². The average molecular weight is 265 g/mol. The first kappa shape index (κ1) is 12.3. The molecule has 2 aromatic heterocycles. The van der Waals surface area contributed by atoms with Crippen LogP contribution in [0.15, 0.2) is 59.7 Å². The van der Waals surface area contributed by atoms with Crippen molar-refractivity contribution in [2.75, 3.05) is 7.11 Å². The highest BCUT2D eigenvalue weighted by atomic mass is 16.5. The van der Waals surface area contributed by atoms with E-state index in [9.17, 15) is 0 Å². The molecule has 3 aromatic rings. The molecule has 20 heavy (non-hydrogen) atoms. The normalized spacial score (nSPS) is 11.1. The number of aliphatic imine (C=N–C) groups is 1. The molecule has 0 aliphatic rings. The van der Waals surface area contributed by atoms with Gasteiger partial charge in [0, 0.05) is 12.3 Å². The summed E-state index contributed by atoms with van der Waals surface area (Å²) in [6, 6.07) is 15.7. The van der Waals surface area contributed by atoms with Gasteiger partial charge in [0.25, 0.3) is 0 Å². The fourth-order valence-electron chi connectivity index (χ4n) is 2.01. The van der Waals surface area contributed by atoms with E-state index >= 15 is 0 Å². The Morgan fingerprint density at radius 1 is 1.05 bits per heavy atom. The zero-order chi connectivity index (χ0) is 13.8. The van der Waals surface area contributed by atoms with Gasteiger partial charge in [0.2, 0.25) is 0 Å². The molecule has 2 heterocycles. The maximum Gasteiger partial charge on any atom is 0.146 e. The van der Waals surface area contributed by atoms with Crippen LogP contribution in [0.5, 0.6) is 5.75 Å². The van der Waals surface area contributed by atoms with E-state index in [2.05, 4.69) is 15.0 Å². The third-order valence-corrected chi connectivity index (χ3v) is 3.02. The van der Waals surface area contributed by atoms with Crippen LogP contribution in [0.25, 0.3) is 11.4 Å². The van der Waals surface area contributed by atoms with Crippen molar-refractivity contribution >= 4 is 11.9 Å². The van der Waals surface area contributed by atoms with Crippen LogP contribution in [0.2, 0.25) is 0 Å². The predicted molar refractivity (Wildman–Crippen MR) is 80.8 cm³/mol. The van der Waals surface area contributed by atoms with E-state index in [4.69, 9.17) is 4.74 Å². The fraction of sp³-hybridized carbons (Fsp3) is 0.0625. The van der Waals surface area contributed by atoms with Gasteiger partial charge in [-0.15, -0.1) is 0 Å². The molecule has 0 amide bonds. The monoisotopic (exact) mass is 265 g/mol. The van der Waals surface area contributed by atoms with Gasteiger partial charge in [-0.1, -0.05) is 18.2 Å². The number of benzene rings is 1. The Morgan fingerprint density at radius 3 is 2.60 bits per heavy atom. The van der Waals surface area contributed by atoms with Crippen molar-refractivity contribution in [2.24, 2.45) is 4.99 Å². The van der Waals surface area contributed by atoms with E-state index in [1.165, 1.54) is 0 Å². The van der Waals surface area contributed by atoms with Crippen molar-refractivity contribution in [3.8, 4) is 17.1 Å². The summed E-state index contributed by atoms with van der Waals surface area (Å²) < 4.78 is 5.38. The highest BCUT2D eigenvalue weighted by Gasteiger charge is 2.08. The van der Waals surface area contributed by atoms with Crippen molar-refractivity contribution in [1.29, 1.82) is 0 Å². The summed E-state index contributed by atoms with van der Waals surface area (Å²) >= 11 is 0. The van der Waals surface area contributed by atoms with E-state index in [0.717, 1.165) is 28.5 Å². The van der Waals surface area contributed by atoms with Crippen molar-refractivity contribution in [1.82, 2.24) is 9.97 Å². The third-order valence-electron chi connectivity index (χ3n) is 3.02. The van der Waals surface area contributed by atoms with Crippen LogP contribution in [0, 0.1) is 0 Å². The summed E-state index contributed by atoms with van der Waals surface area (Å²) in [6.07, 6.45) is 3.67. The molecule has 1 aromatic carbocycles. The van der Waals surface area contributed by atoms with Gasteiger partial charge in [0.1, 0.15) is 5.75 Å². The maximum absolute atomic E-state index is 5.38. The largest absolute Gasteiger partial charge is 0.494 e. The molecule has 4 nitrogen and oxygen atoms in total. The van der Waals surface area contributed by atoms with Gasteiger partial charge in [0.05, 0.1) is 36.1 Å². The first-order valence-corrected chi connectivity index (χ1v) is 6.36. The Hall–Kier alpha value is -2.75. The van der Waals surface area contributed by atoms with Gasteiger partial charge in [-0.3, -0.25) is 4.99 Å². The summed E-state index contributed by atoms with van der Waals surface area (Å²) in [4.78, 5) is 10.9. The van der Waals surface area contributed by atoms with Crippen molar-refractivity contribution < 1.29 is 4.74 Å². The summed E-state index contributed by atoms with van der Waals surface area (Å²) in [5, 5.41) is 0. The molecule has 0 spiro atoms. The van der Waals surface area contributed by atoms with Crippen molar-refractivity contribution in [2.45, 2.75) is 0 Å². The molecule has 100 valence electrons. The van der Waals surface area contributed by atoms with E-state index in [1.807, 2.05) is 54.7 Å². The minimum atomic E-state index is 0.772. The second-order valence-electron chi connectivity index (χ2n) is 4.34. The standard InChI is InChI=1S/C16H15N3O/c1-20-16-10-14(13-8-5-9-17-13)19-15(16)11-18-12-6-3-2-4-7-12/h2-11,17,19H,1H3. The molecule has 0 aliphatic heterocycles. The first-order chi connectivity index (χ1) is 9.86. The topological polar surface area (TPSA) is 53.2 Å². The summed E-state index contributed by atoms with van der Waals surface area (Å²) in [7, 11) is 1.65. The second kappa shape index (κ2) is 5.48. The zero-order valence-corrected chi connectivity index (χ0v) is 11.1. The van der Waals surface area contributed by atoms with Crippen LogP contribution in [0.3, 0.4) is 0 Å². The van der Waals surface area contributed by atoms with Gasteiger partial charge < -0.3 is 14.7 Å². The zero-order valence-electron chi connectivity index (χ0n) is 11.1. The summed E-state index contributed by atoms with van der Waals surface area (Å²) in [5.74, 6) is 0.772. The van der Waals surface area contributed by atoms with Crippen LogP contribution in [-0.4, -0.2) is 23.3 Å². The number of aromatic nitrogens is 2. The Bertz CT molecular complexity index is 697. The Morgan fingerprint density at radius 2 is 1.90 bits per heavy atom. The second-order valence-corrected chi connectivity index (χ2v) is 4.34. The van der Waals surface area contributed by atoms with Gasteiger partial charge >= 0.3 is 0 Å². The summed E-state index contributed by atoms with van der Waals surface area (Å²) in [5.41, 5.74) is 3.75. The molecule has 0 bridgehead atoms. The third kappa shape index (κ3) is 2.49. The van der Waals surface area contributed by atoms with Crippen LogP contribution in [0.4, 0.5) is 5.69 Å². The minimum Gasteiger partial charge on any atom is -0.494 e. The highest BCUT2D eigenvalue weighted by Crippen LogP contribution is 2.25. The molecule has 4 heteroatoms. The van der Waals surface area contributed by atoms with Crippen LogP contribution in [-0.2, 0) is 0 Å². The Labute approximate surface area is 117 Å². The molecule has 0 atom stereocenters. The number of H-pyrrole nitrogens is 2. The van der Waals surface area contributed by atoms with Gasteiger partial charge in [-0.05, 0) is 24.3 Å². The molecule has 0 saturated carbocycles. The molecule has 0 fully saturated rings. The SMILES string of the molecule is COc1cc(-c2ccc[nH]2)[nH]c1C=Nc1ccccc1. The number of nitrogens with one attached hydrogen (secondary N) is 2. The number of nitrogens with zero attached hydrogens (tertiary/aromatic N) is 1. The Balaban J connectivity index is 1.91. The molecule has 0 aliphatic carbocycles. The molecule has 0 unspecified atom stereocenters. The number of hydrogen-bond acceptors (Lipinski definition) is 2. The van der Waals surface area contributed by atoms with Crippen LogP contribution in [0.1, 0.15) is 5.69 Å². The maximum atomic E-state index is 5.38. The quantitative estimate of drug-likeness (QED) is 0.693. The predicted octanol–water partition coefficient (Wildman–Crippen LogP) is 3.77. The van der Waals surface area contributed by atoms with Crippen molar-refractivity contribution in [3.05, 3.63) is 60.4 Å². The van der Waals surface area contributed by atoms with Crippen LogP contribution < -0.4 is 4.74 Å². The molecule has 0 radical (unpaired) electrons. The number of ether oxygens (including phenoxy) is 1. The van der Waals surface area contributed by atoms with Crippen molar-refractivity contribution in [3.63, 3.8) is 0 Å². The number of methoxy groups -OCH3 is 1. The molecular weight excluding hydrogens is 250 g/mol. The number of para-hydroxylation sites is 1. The van der Waals surface area contributed by atoms with E-state index in [1.54, 1.807) is 13.3 Å². The molecule has 3 rings (SSSR count). The van der Waals surface area contributed by atoms with E-state index in [-0.39, 0.29) is 0 Å². The molecular formula is C16H15N3O. The lowest BCUT2D eigenvalue weighted by molar-refractivity contribution is 0.415. The highest BCUT2D eigenvalue weighted by molar-refractivity contribution is 5.85. The summed E-state index contributed by atoms with van der Waals surface area (Å²) in [6.45, 7) is 0. The first-order valence-electron chi connectivity index (χ1n) is 6.36. The van der Waals surface area contributed by atoms with Gasteiger partial charge in [0.15, 0.2) is 0 Å². The minimum absolute atomic E-state index is 0.772. The molecule has 2 N–H and O–H groups in total. The molecule has 0 saturated heterocycles. The van der Waals surface area contributed by atoms with Crippen LogP contribution >= 0.6 is 0 Å². The lowest BCUT2D eigenvalue weighted by Gasteiger charge is -1.96. The Kier molecular flexibility index (Phi) is 3.37. The lowest BCUT2D eigenvalue weighted by atomic mass is 10.3. The fourth-order valence-corrected chi connectivity index (χ4v) is 2.01. The van der Waals surface area contributed by atoms with Gasteiger partial charge in [-0.25, -0.2) is 0 Å². The number of hydrogen-bond donors (Lipinski definition) is 2. The lowest BCUT2D eigenvalue weighted by Crippen LogP contribution is -1.87. The number of rotatable bonds is 4.